The number of rotatable bonds is 14. The second-order valence-corrected chi connectivity index (χ2v) is 22.6. The molecule has 1 amide bonds. The highest BCUT2D eigenvalue weighted by Gasteiger charge is 2.70. The van der Waals surface area contributed by atoms with Gasteiger partial charge in [0.1, 0.15) is 6.54 Å². The van der Waals surface area contributed by atoms with Crippen molar-refractivity contribution in [2.45, 2.75) is 174 Å². The van der Waals surface area contributed by atoms with Crippen LogP contribution in [0, 0.1) is 23.7 Å². The fourth-order valence-electron chi connectivity index (χ4n) is 12.7. The molecule has 1 unspecified atom stereocenters. The summed E-state index contributed by atoms with van der Waals surface area (Å²) in [5.74, 6) is -0.0708. The number of carbonyl (C=O) groups is 1. The van der Waals surface area contributed by atoms with Crippen LogP contribution in [0.2, 0.25) is 0 Å². The molecule has 4 saturated heterocycles. The molecule has 5 fully saturated rings. The minimum Gasteiger partial charge on any atom is -0.419 e. The zero-order chi connectivity index (χ0) is 50.0. The molecule has 2 bridgehead atoms. The number of benzene rings is 2. The number of alkyl carbamates (subject to hydrolysis) is 1. The van der Waals surface area contributed by atoms with E-state index in [0.717, 1.165) is 102 Å². The van der Waals surface area contributed by atoms with E-state index in [-0.39, 0.29) is 28.6 Å². The Labute approximate surface area is 422 Å². The molecule has 2 aromatic rings. The minimum atomic E-state index is -3.11. The van der Waals surface area contributed by atoms with Crippen LogP contribution in [0.5, 0.6) is 0 Å². The normalized spacial score (nSPS) is 31.5. The SMILES string of the molecule is CCCCN1C(=CC=C2CCCC(C=CC3=[N+](CCCCCCNC(=O)OC4O[C@H]5O[C@]6(C)CC[C@@H]7[C@@H](C)CC[C@H]([C@@H]4C)[C@]57OO6)c4ccccc4C3(C)C)=C2Cl)C(C)(C)c2ccccc21.O=S(=O)=O. The molecule has 6 aliphatic heterocycles. The lowest BCUT2D eigenvalue weighted by Crippen LogP contribution is -2.70. The lowest BCUT2D eigenvalue weighted by Gasteiger charge is -2.59. The Bertz CT molecular complexity index is 2550. The molecule has 70 heavy (non-hydrogen) atoms. The van der Waals surface area contributed by atoms with Gasteiger partial charge >= 0.3 is 16.7 Å². The number of carbonyl (C=O) groups excluding carboxylic acids is 1. The van der Waals surface area contributed by atoms with Crippen molar-refractivity contribution in [3.8, 4) is 0 Å². The van der Waals surface area contributed by atoms with E-state index in [1.165, 1.54) is 45.1 Å². The third-order valence-corrected chi connectivity index (χ3v) is 17.1. The lowest BCUT2D eigenvalue weighted by atomic mass is 9.58. The Hall–Kier alpha value is -4.11. The Kier molecular flexibility index (Phi) is 16.1. The number of amides is 1. The van der Waals surface area contributed by atoms with Crippen LogP contribution in [0.25, 0.3) is 0 Å². The molecule has 1 spiro atoms. The van der Waals surface area contributed by atoms with E-state index in [2.05, 4.69) is 136 Å². The fourth-order valence-corrected chi connectivity index (χ4v) is 13.1. The highest BCUT2D eigenvalue weighted by Crippen LogP contribution is 2.60. The van der Waals surface area contributed by atoms with Crippen LogP contribution in [-0.4, -0.2) is 72.6 Å². The minimum absolute atomic E-state index is 0.0575. The number of halogens is 1. The van der Waals surface area contributed by atoms with Gasteiger partial charge in [-0.3, -0.25) is 0 Å². The Morgan fingerprint density at radius 3 is 2.37 bits per heavy atom. The molecular weight excluding hydrogens is 926 g/mol. The maximum Gasteiger partial charge on any atom is 0.425 e. The Morgan fingerprint density at radius 1 is 0.871 bits per heavy atom. The molecule has 0 radical (unpaired) electrons. The van der Waals surface area contributed by atoms with Gasteiger partial charge in [0.25, 0.3) is 0 Å². The first-order valence-electron chi connectivity index (χ1n) is 25.9. The summed E-state index contributed by atoms with van der Waals surface area (Å²) in [7, 11) is -3.11. The van der Waals surface area contributed by atoms with E-state index in [9.17, 15) is 4.79 Å². The van der Waals surface area contributed by atoms with Gasteiger partial charge in [-0.25, -0.2) is 14.6 Å². The average Bonchev–Trinajstić information content (AvgIpc) is 3.50. The van der Waals surface area contributed by atoms with Crippen LogP contribution in [-0.2, 0) is 45.4 Å². The molecule has 8 atom stereocenters. The summed E-state index contributed by atoms with van der Waals surface area (Å²) in [4.78, 5) is 27.9. The van der Waals surface area contributed by atoms with Gasteiger partial charge in [-0.05, 0) is 119 Å². The standard InChI is InChI=1S/C56H74ClN3O6.O3S/c1-9-10-35-59-45-24-15-13-22-43(45)53(4,5)47(59)30-27-39-20-19-21-40(49(39)57)28-31-48-54(6,7)44-23-14-16-25-46(44)60(48)36-18-12-11-17-34-58-52(61)63-50-38(3)42-29-26-37(2)41-32-33-55(8)64-51(62-50)56(41,42)66-65-55;1-4(2)3/h13-16,22-25,27-28,30-31,37-38,41-42,50-51H,9-12,17-21,26,29,32-36H2,1-8H3;/p+1/t37-,38-,41+,42+,50?,51-,55-,56-;/m0./s1. The first-order chi connectivity index (χ1) is 33.4. The fraction of sp³-hybridized carbons (Fsp3) is 0.607. The third kappa shape index (κ3) is 10.3. The Balaban J connectivity index is 0.00000159. The Morgan fingerprint density at radius 2 is 1.60 bits per heavy atom. The van der Waals surface area contributed by atoms with E-state index >= 15 is 0 Å². The maximum atomic E-state index is 13.2. The molecule has 1 N–H and O–H groups in total. The maximum absolute atomic E-state index is 13.2. The summed E-state index contributed by atoms with van der Waals surface area (Å²) < 4.78 is 46.7. The zero-order valence-corrected chi connectivity index (χ0v) is 44.1. The van der Waals surface area contributed by atoms with Crippen molar-refractivity contribution >= 4 is 45.4 Å². The number of nitrogens with one attached hydrogen (secondary N) is 1. The average molecular weight is 1000 g/mol. The number of fused-ring (bicyclic) bond motifs is 4. The summed E-state index contributed by atoms with van der Waals surface area (Å²) in [6.45, 7) is 20.5. The number of hydrogen-bond acceptors (Lipinski definition) is 10. The van der Waals surface area contributed by atoms with Crippen LogP contribution in [0.1, 0.15) is 150 Å². The molecule has 12 nitrogen and oxygen atoms in total. The molecular formula is C56H75ClN3O9S+. The van der Waals surface area contributed by atoms with Crippen molar-refractivity contribution in [1.29, 1.82) is 0 Å². The number of ether oxygens (including phenoxy) is 3. The van der Waals surface area contributed by atoms with Crippen LogP contribution in [0.3, 0.4) is 0 Å². The lowest BCUT2D eigenvalue weighted by molar-refractivity contribution is -0.576. The van der Waals surface area contributed by atoms with Crippen LogP contribution < -0.4 is 10.2 Å². The van der Waals surface area contributed by atoms with Crippen LogP contribution >= 0.6 is 11.6 Å². The number of anilines is 1. The van der Waals surface area contributed by atoms with Crippen molar-refractivity contribution in [3.05, 3.63) is 106 Å². The van der Waals surface area contributed by atoms with Gasteiger partial charge in [0.05, 0.1) is 5.41 Å². The van der Waals surface area contributed by atoms with Gasteiger partial charge in [0.2, 0.25) is 17.8 Å². The summed E-state index contributed by atoms with van der Waals surface area (Å²) in [6.07, 6.45) is 20.6. The molecule has 6 heterocycles. The molecule has 2 aromatic carbocycles. The summed E-state index contributed by atoms with van der Waals surface area (Å²) in [5, 5.41) is 3.90. The van der Waals surface area contributed by atoms with Crippen molar-refractivity contribution in [3.63, 3.8) is 0 Å². The van der Waals surface area contributed by atoms with Crippen molar-refractivity contribution in [2.75, 3.05) is 24.5 Å². The van der Waals surface area contributed by atoms with Gasteiger partial charge in [-0.2, -0.15) is 4.58 Å². The van der Waals surface area contributed by atoms with Gasteiger partial charge in [-0.15, -0.1) is 12.6 Å². The highest BCUT2D eigenvalue weighted by atomic mass is 35.5. The monoisotopic (exact) mass is 1000 g/mol. The van der Waals surface area contributed by atoms with Crippen molar-refractivity contribution in [1.82, 2.24) is 5.32 Å². The van der Waals surface area contributed by atoms with E-state index < -0.39 is 40.7 Å². The van der Waals surface area contributed by atoms with E-state index in [4.69, 9.17) is 48.2 Å². The second kappa shape index (κ2) is 21.5. The number of hydrogen-bond donors (Lipinski definition) is 1. The number of allylic oxidation sites excluding steroid dienone is 8. The molecule has 10 rings (SSSR count). The van der Waals surface area contributed by atoms with Gasteiger partial charge in [-0.1, -0.05) is 108 Å². The predicted octanol–water partition coefficient (Wildman–Crippen LogP) is 12.2. The summed E-state index contributed by atoms with van der Waals surface area (Å²) >= 11 is 7.33. The second-order valence-electron chi connectivity index (χ2n) is 21.8. The van der Waals surface area contributed by atoms with E-state index in [1.807, 2.05) is 6.92 Å². The van der Waals surface area contributed by atoms with Crippen LogP contribution in [0.15, 0.2) is 94.7 Å². The smallest absolute Gasteiger partial charge is 0.419 e. The third-order valence-electron chi connectivity index (χ3n) is 16.6. The van der Waals surface area contributed by atoms with Crippen LogP contribution in [0.4, 0.5) is 16.2 Å². The molecule has 14 heteroatoms. The predicted molar refractivity (Wildman–Crippen MR) is 272 cm³/mol. The molecule has 8 aliphatic rings. The molecule has 0 aromatic heterocycles. The van der Waals surface area contributed by atoms with Crippen molar-refractivity contribution in [2.24, 2.45) is 23.7 Å². The molecule has 1 saturated carbocycles. The topological polar surface area (TPSA) is 133 Å². The summed E-state index contributed by atoms with van der Waals surface area (Å²) in [6, 6.07) is 17.7. The number of unbranched alkanes of at least 4 members (excludes halogenated alkanes) is 4. The van der Waals surface area contributed by atoms with E-state index in [0.29, 0.717) is 12.5 Å². The van der Waals surface area contributed by atoms with Gasteiger partial charge < -0.3 is 24.4 Å². The van der Waals surface area contributed by atoms with Gasteiger partial charge in [0.15, 0.2) is 17.6 Å². The molecule has 380 valence electrons. The van der Waals surface area contributed by atoms with Crippen molar-refractivity contribution < 1.29 is 46.0 Å². The first kappa shape index (κ1) is 52.2. The highest BCUT2D eigenvalue weighted by molar-refractivity contribution is 7.59. The number of nitrogens with zero attached hydrogens (tertiary/aromatic N) is 2. The van der Waals surface area contributed by atoms with E-state index in [1.54, 1.807) is 0 Å². The molecule has 2 aliphatic carbocycles. The summed E-state index contributed by atoms with van der Waals surface area (Å²) in [5.41, 5.74) is 9.55. The van der Waals surface area contributed by atoms with Gasteiger partial charge in [0, 0.05) is 77.3 Å². The number of para-hydroxylation sites is 2. The largest absolute Gasteiger partial charge is 0.425 e. The first-order valence-corrected chi connectivity index (χ1v) is 27.3. The zero-order valence-electron chi connectivity index (χ0n) is 42.6. The quantitative estimate of drug-likeness (QED) is 0.111.